The second-order valence-electron chi connectivity index (χ2n) is 3.31. The number of rotatable bonds is 2. The van der Waals surface area contributed by atoms with Crippen LogP contribution in [0, 0.1) is 4.77 Å². The van der Waals surface area contributed by atoms with Crippen molar-refractivity contribution >= 4 is 20.0 Å². The fourth-order valence-electron chi connectivity index (χ4n) is 1.12. The number of hydrogen-bond acceptors (Lipinski definition) is 7. The van der Waals surface area contributed by atoms with Gasteiger partial charge in [-0.2, -0.15) is 4.34 Å². The monoisotopic (exact) mass is 332 g/mol. The Labute approximate surface area is 121 Å². The number of ether oxygens (including phenoxy) is 1. The van der Waals surface area contributed by atoms with Crippen molar-refractivity contribution in [3.63, 3.8) is 0 Å². The normalized spacial score (nSPS) is 9.38. The first kappa shape index (κ1) is 16.5. The summed E-state index contributed by atoms with van der Waals surface area (Å²) < 4.78 is 25.7. The van der Waals surface area contributed by atoms with Gasteiger partial charge < -0.3 is 14.7 Å². The number of nitrogens with one attached hydrogen (secondary N) is 3. The first-order valence-corrected chi connectivity index (χ1v) is 6.72. The van der Waals surface area contributed by atoms with Gasteiger partial charge in [-0.1, -0.05) is 0 Å². The van der Waals surface area contributed by atoms with E-state index >= 15 is 0 Å². The number of hydrogen-bond donors (Lipinski definition) is 3. The van der Waals surface area contributed by atoms with Crippen molar-refractivity contribution < 1.29 is 13.9 Å². The molecule has 0 aliphatic heterocycles. The molecule has 0 atom stereocenters. The van der Waals surface area contributed by atoms with Crippen LogP contribution in [0.15, 0.2) is 32.8 Å². The summed E-state index contributed by atoms with van der Waals surface area (Å²) in [7, 11) is -1.62. The minimum Gasteiger partial charge on any atom is -0.490 e. The molecule has 3 N–H and O–H groups in total. The Bertz CT molecular complexity index is 885. The first-order valence-electron chi connectivity index (χ1n) is 5.18. The van der Waals surface area contributed by atoms with Crippen LogP contribution in [-0.2, 0) is 9.13 Å². The molecule has 0 radical (unpaired) electrons. The molecule has 112 valence electrons. The highest BCUT2D eigenvalue weighted by Gasteiger charge is 2.00. The summed E-state index contributed by atoms with van der Waals surface area (Å²) in [5.74, 6) is 0.0969. The predicted octanol–water partition coefficient (Wildman–Crippen LogP) is -0.0863. The summed E-state index contributed by atoms with van der Waals surface area (Å²) in [4.78, 5) is 38.5. The second kappa shape index (κ2) is 7.31. The van der Waals surface area contributed by atoms with Gasteiger partial charge in [0.1, 0.15) is 0 Å². The zero-order chi connectivity index (χ0) is 16.0. The van der Waals surface area contributed by atoms with E-state index < -0.39 is 24.6 Å². The summed E-state index contributed by atoms with van der Waals surface area (Å²) in [6.07, 6.45) is 2.50. The molecule has 0 unspecified atom stereocenters. The quantitative estimate of drug-likeness (QED) is 0.514. The lowest BCUT2D eigenvalue weighted by Crippen LogP contribution is -2.21. The van der Waals surface area contributed by atoms with Crippen molar-refractivity contribution in [2.75, 3.05) is 7.11 Å². The molecular weight excluding hydrogens is 323 g/mol. The third kappa shape index (κ3) is 4.51. The van der Waals surface area contributed by atoms with E-state index in [1.807, 2.05) is 4.98 Å². The van der Waals surface area contributed by atoms with Gasteiger partial charge in [-0.25, -0.2) is 13.9 Å². The van der Waals surface area contributed by atoms with E-state index in [2.05, 4.69) is 26.9 Å². The molecule has 2 rings (SSSR count). The van der Waals surface area contributed by atoms with Crippen LogP contribution in [0.5, 0.6) is 5.75 Å². The van der Waals surface area contributed by atoms with Gasteiger partial charge in [0.05, 0.1) is 13.3 Å². The van der Waals surface area contributed by atoms with E-state index in [4.69, 9.17) is 0 Å². The van der Waals surface area contributed by atoms with Crippen molar-refractivity contribution in [1.29, 1.82) is 0 Å². The Kier molecular flexibility index (Phi) is 5.76. The highest BCUT2D eigenvalue weighted by Crippen LogP contribution is 2.03. The smallest absolute Gasteiger partial charge is 0.436 e. The second-order valence-corrected chi connectivity index (χ2v) is 4.57. The van der Waals surface area contributed by atoms with Crippen molar-refractivity contribution in [2.24, 2.45) is 0 Å². The van der Waals surface area contributed by atoms with Crippen molar-refractivity contribution in [2.45, 2.75) is 0 Å². The topological polar surface area (TPSA) is 147 Å². The van der Waals surface area contributed by atoms with Crippen LogP contribution in [0.4, 0.5) is 0 Å². The van der Waals surface area contributed by atoms with Crippen LogP contribution in [0.3, 0.4) is 0 Å². The largest absolute Gasteiger partial charge is 0.490 e. The molecule has 0 aliphatic rings. The average molecular weight is 332 g/mol. The van der Waals surface area contributed by atoms with E-state index in [9.17, 15) is 23.5 Å². The van der Waals surface area contributed by atoms with Crippen LogP contribution in [0.1, 0.15) is 0 Å². The molecule has 0 amide bonds. The van der Waals surface area contributed by atoms with Gasteiger partial charge >= 0.3 is 13.5 Å². The fraction of sp³-hybridized carbons (Fsp3) is 0.111. The number of aromatic nitrogens is 4. The first-order chi connectivity index (χ1) is 9.86. The number of aromatic amines is 3. The number of methoxy groups -OCH3 is 1. The van der Waals surface area contributed by atoms with Gasteiger partial charge in [-0.05, 0) is 12.2 Å². The van der Waals surface area contributed by atoms with Crippen LogP contribution >= 0.6 is 20.0 Å². The Morgan fingerprint density at radius 2 is 1.90 bits per heavy atom. The standard InChI is InChI=1S/C5H6N2O3.C4H3N2O3PS/c1-10-3-2-6-5(9)7-4(3)8;7-3-1-2-5-4(11)6(3)10(8)9/h2H,1H3,(H2,6,7,8,9);1-2H,(H,5,11). The predicted molar refractivity (Wildman–Crippen MR) is 73.8 cm³/mol. The van der Waals surface area contributed by atoms with E-state index in [0.717, 1.165) is 6.07 Å². The molecular formula is C9H9N4O6PS. The zero-order valence-electron chi connectivity index (χ0n) is 10.5. The summed E-state index contributed by atoms with van der Waals surface area (Å²) in [5, 5.41) is 0. The van der Waals surface area contributed by atoms with E-state index in [1.165, 1.54) is 19.5 Å². The summed E-state index contributed by atoms with van der Waals surface area (Å²) in [6, 6.07) is 1.08. The molecule has 2 aromatic heterocycles. The van der Waals surface area contributed by atoms with E-state index in [-0.39, 0.29) is 10.5 Å². The Morgan fingerprint density at radius 1 is 1.24 bits per heavy atom. The Hall–Kier alpha value is -2.52. The Morgan fingerprint density at radius 3 is 2.33 bits per heavy atom. The third-order valence-electron chi connectivity index (χ3n) is 2.00. The zero-order valence-corrected chi connectivity index (χ0v) is 12.2. The highest BCUT2D eigenvalue weighted by atomic mass is 32.1. The minimum atomic E-state index is -2.97. The molecule has 21 heavy (non-hydrogen) atoms. The summed E-state index contributed by atoms with van der Waals surface area (Å²) in [6.45, 7) is 0. The third-order valence-corrected chi connectivity index (χ3v) is 3.16. The average Bonchev–Trinajstić information content (AvgIpc) is 2.39. The molecule has 0 saturated heterocycles. The van der Waals surface area contributed by atoms with Gasteiger partial charge in [-0.15, -0.1) is 0 Å². The van der Waals surface area contributed by atoms with Crippen molar-refractivity contribution in [3.8, 4) is 5.75 Å². The Balaban J connectivity index is 0.000000211. The summed E-state index contributed by atoms with van der Waals surface area (Å²) in [5.41, 5.74) is -1.71. The molecule has 10 nitrogen and oxygen atoms in total. The molecule has 12 heteroatoms. The lowest BCUT2D eigenvalue weighted by atomic mass is 10.6. The van der Waals surface area contributed by atoms with E-state index in [1.54, 1.807) is 0 Å². The van der Waals surface area contributed by atoms with E-state index in [0.29, 0.717) is 4.34 Å². The SMILES string of the molecule is COc1c[nH]c(=O)[nH]c1=O.O=c1cc[nH]c(=S)n1P(=O)=O. The van der Waals surface area contributed by atoms with Crippen molar-refractivity contribution in [3.05, 3.63) is 54.4 Å². The highest BCUT2D eigenvalue weighted by molar-refractivity contribution is 7.71. The van der Waals surface area contributed by atoms with Gasteiger partial charge in [0, 0.05) is 12.3 Å². The van der Waals surface area contributed by atoms with Gasteiger partial charge in [0.2, 0.25) is 5.75 Å². The van der Waals surface area contributed by atoms with Crippen LogP contribution in [0.2, 0.25) is 0 Å². The molecule has 0 bridgehead atoms. The number of nitrogens with zero attached hydrogens (tertiary/aromatic N) is 1. The molecule has 0 saturated carbocycles. The molecule has 2 heterocycles. The molecule has 0 fully saturated rings. The molecule has 2 aromatic rings. The van der Waals surface area contributed by atoms with Gasteiger partial charge in [0.15, 0.2) is 4.77 Å². The van der Waals surface area contributed by atoms with Gasteiger partial charge in [0.25, 0.3) is 11.1 Å². The summed E-state index contributed by atoms with van der Waals surface area (Å²) >= 11 is 4.54. The maximum Gasteiger partial charge on any atom is 0.436 e. The van der Waals surface area contributed by atoms with Crippen LogP contribution < -0.4 is 21.5 Å². The van der Waals surface area contributed by atoms with Crippen molar-refractivity contribution in [1.82, 2.24) is 19.3 Å². The fourth-order valence-corrected chi connectivity index (χ4v) is 1.91. The lowest BCUT2D eigenvalue weighted by Gasteiger charge is -1.93. The molecule has 0 aliphatic carbocycles. The number of H-pyrrole nitrogens is 3. The lowest BCUT2D eigenvalue weighted by molar-refractivity contribution is 0.405. The maximum absolute atomic E-state index is 10.8. The van der Waals surface area contributed by atoms with Crippen LogP contribution in [-0.4, -0.2) is 26.4 Å². The molecule has 0 aromatic carbocycles. The van der Waals surface area contributed by atoms with Gasteiger partial charge in [-0.3, -0.25) is 14.6 Å². The molecule has 0 spiro atoms. The van der Waals surface area contributed by atoms with Crippen LogP contribution in [0.25, 0.3) is 0 Å². The maximum atomic E-state index is 10.8. The minimum absolute atomic E-state index is 0.0969.